The molecule has 25 heavy (non-hydrogen) atoms. The molecule has 1 unspecified atom stereocenters. The van der Waals surface area contributed by atoms with E-state index >= 15 is 0 Å². The van der Waals surface area contributed by atoms with Gasteiger partial charge in [-0.2, -0.15) is 0 Å². The second-order valence-electron chi connectivity index (χ2n) is 6.38. The highest BCUT2D eigenvalue weighted by Gasteiger charge is 2.22. The Kier molecular flexibility index (Phi) is 5.08. The summed E-state index contributed by atoms with van der Waals surface area (Å²) in [6, 6.07) is 5.41. The van der Waals surface area contributed by atoms with Crippen molar-refractivity contribution in [2.24, 2.45) is 0 Å². The Bertz CT molecular complexity index is 842. The van der Waals surface area contributed by atoms with Gasteiger partial charge in [-0.15, -0.1) is 0 Å². The third-order valence-electron chi connectivity index (χ3n) is 4.68. The van der Waals surface area contributed by atoms with Crippen LogP contribution in [0, 0.1) is 6.92 Å². The standard InChI is InChI=1S/C19H23NO5/c1-12-11-20(8-9-24-12)18(21)7-6-16-13(2)15-5-4-14(23-3)10-17(15)25-19(16)22/h4-5,10,12H,6-9,11H2,1-3H3. The van der Waals surface area contributed by atoms with E-state index < -0.39 is 0 Å². The molecule has 1 atom stereocenters. The van der Waals surface area contributed by atoms with E-state index in [0.29, 0.717) is 49.4 Å². The normalized spacial score (nSPS) is 17.7. The maximum Gasteiger partial charge on any atom is 0.339 e. The third-order valence-corrected chi connectivity index (χ3v) is 4.68. The maximum atomic E-state index is 12.4. The van der Waals surface area contributed by atoms with Crippen molar-refractivity contribution in [3.05, 3.63) is 39.7 Å². The predicted molar refractivity (Wildman–Crippen MR) is 94.1 cm³/mol. The number of hydrogen-bond donors (Lipinski definition) is 0. The summed E-state index contributed by atoms with van der Waals surface area (Å²) >= 11 is 0. The largest absolute Gasteiger partial charge is 0.497 e. The Hall–Kier alpha value is -2.34. The van der Waals surface area contributed by atoms with Crippen LogP contribution < -0.4 is 10.4 Å². The number of fused-ring (bicyclic) bond motifs is 1. The molecule has 134 valence electrons. The molecule has 3 rings (SSSR count). The molecule has 1 aromatic carbocycles. The molecule has 1 aromatic heterocycles. The number of aryl methyl sites for hydroxylation is 1. The maximum absolute atomic E-state index is 12.4. The minimum atomic E-state index is -0.388. The van der Waals surface area contributed by atoms with E-state index in [-0.39, 0.29) is 17.6 Å². The Morgan fingerprint density at radius 1 is 1.40 bits per heavy atom. The molecule has 0 radical (unpaired) electrons. The van der Waals surface area contributed by atoms with Crippen LogP contribution in [0.4, 0.5) is 0 Å². The van der Waals surface area contributed by atoms with Crippen LogP contribution in [0.15, 0.2) is 27.4 Å². The van der Waals surface area contributed by atoms with Crippen molar-refractivity contribution in [1.82, 2.24) is 4.90 Å². The van der Waals surface area contributed by atoms with E-state index in [1.54, 1.807) is 18.1 Å². The van der Waals surface area contributed by atoms with Crippen LogP contribution in [-0.2, 0) is 16.0 Å². The first-order valence-corrected chi connectivity index (χ1v) is 8.49. The van der Waals surface area contributed by atoms with Gasteiger partial charge >= 0.3 is 5.63 Å². The molecular formula is C19H23NO5. The van der Waals surface area contributed by atoms with Gasteiger partial charge in [0.1, 0.15) is 11.3 Å². The second kappa shape index (κ2) is 7.27. The van der Waals surface area contributed by atoms with Crippen LogP contribution in [0.1, 0.15) is 24.5 Å². The summed E-state index contributed by atoms with van der Waals surface area (Å²) in [6.07, 6.45) is 0.723. The van der Waals surface area contributed by atoms with E-state index in [0.717, 1.165) is 10.9 Å². The van der Waals surface area contributed by atoms with Crippen LogP contribution in [0.2, 0.25) is 0 Å². The molecule has 6 heteroatoms. The molecule has 2 aromatic rings. The van der Waals surface area contributed by atoms with Gasteiger partial charge in [-0.1, -0.05) is 0 Å². The lowest BCUT2D eigenvalue weighted by molar-refractivity contribution is -0.138. The molecular weight excluding hydrogens is 322 g/mol. The average Bonchev–Trinajstić information content (AvgIpc) is 2.60. The first-order valence-electron chi connectivity index (χ1n) is 8.49. The van der Waals surface area contributed by atoms with Crippen molar-refractivity contribution in [2.75, 3.05) is 26.8 Å². The quantitative estimate of drug-likeness (QED) is 0.795. The molecule has 0 saturated carbocycles. The Labute approximate surface area is 146 Å². The highest BCUT2D eigenvalue weighted by molar-refractivity contribution is 5.82. The first kappa shape index (κ1) is 17.5. The zero-order valence-electron chi connectivity index (χ0n) is 14.8. The monoisotopic (exact) mass is 345 g/mol. The number of benzene rings is 1. The number of nitrogens with zero attached hydrogens (tertiary/aromatic N) is 1. The molecule has 1 saturated heterocycles. The van der Waals surface area contributed by atoms with Crippen molar-refractivity contribution >= 4 is 16.9 Å². The molecule has 1 amide bonds. The smallest absolute Gasteiger partial charge is 0.339 e. The van der Waals surface area contributed by atoms with E-state index in [1.807, 2.05) is 26.0 Å². The zero-order chi connectivity index (χ0) is 18.0. The number of morpholine rings is 1. The third kappa shape index (κ3) is 3.69. The minimum absolute atomic E-state index is 0.0452. The number of hydrogen-bond acceptors (Lipinski definition) is 5. The predicted octanol–water partition coefficient (Wildman–Crippen LogP) is 2.29. The molecule has 2 heterocycles. The number of carbonyl (C=O) groups is 1. The average molecular weight is 345 g/mol. The molecule has 6 nitrogen and oxygen atoms in total. The highest BCUT2D eigenvalue weighted by Crippen LogP contribution is 2.24. The molecule has 0 aliphatic carbocycles. The van der Waals surface area contributed by atoms with Gasteiger partial charge in [-0.3, -0.25) is 4.79 Å². The van der Waals surface area contributed by atoms with Gasteiger partial charge in [0.05, 0.1) is 19.8 Å². The second-order valence-corrected chi connectivity index (χ2v) is 6.38. The summed E-state index contributed by atoms with van der Waals surface area (Å²) in [6.45, 7) is 5.61. The Morgan fingerprint density at radius 3 is 2.92 bits per heavy atom. The van der Waals surface area contributed by atoms with Gasteiger partial charge in [0.15, 0.2) is 0 Å². The van der Waals surface area contributed by atoms with E-state index in [9.17, 15) is 9.59 Å². The van der Waals surface area contributed by atoms with Crippen LogP contribution in [-0.4, -0.2) is 43.7 Å². The van der Waals surface area contributed by atoms with Crippen LogP contribution >= 0.6 is 0 Å². The van der Waals surface area contributed by atoms with Crippen molar-refractivity contribution < 1.29 is 18.7 Å². The Balaban J connectivity index is 1.79. The fraction of sp³-hybridized carbons (Fsp3) is 0.474. The van der Waals surface area contributed by atoms with Gasteiger partial charge in [-0.05, 0) is 38.0 Å². The molecule has 1 aliphatic heterocycles. The summed E-state index contributed by atoms with van der Waals surface area (Å²) in [7, 11) is 1.57. The molecule has 0 N–H and O–H groups in total. The molecule has 0 bridgehead atoms. The van der Waals surface area contributed by atoms with Gasteiger partial charge in [0.25, 0.3) is 0 Å². The molecule has 0 spiro atoms. The van der Waals surface area contributed by atoms with Crippen LogP contribution in [0.5, 0.6) is 5.75 Å². The van der Waals surface area contributed by atoms with Gasteiger partial charge in [-0.25, -0.2) is 4.79 Å². The number of ether oxygens (including phenoxy) is 2. The minimum Gasteiger partial charge on any atom is -0.497 e. The fourth-order valence-corrected chi connectivity index (χ4v) is 3.23. The van der Waals surface area contributed by atoms with Crippen molar-refractivity contribution in [3.63, 3.8) is 0 Å². The summed E-state index contributed by atoms with van der Waals surface area (Å²) in [5.74, 6) is 0.684. The lowest BCUT2D eigenvalue weighted by Gasteiger charge is -2.31. The van der Waals surface area contributed by atoms with Crippen molar-refractivity contribution in [2.45, 2.75) is 32.8 Å². The van der Waals surface area contributed by atoms with E-state index in [4.69, 9.17) is 13.9 Å². The van der Waals surface area contributed by atoms with Crippen molar-refractivity contribution in [3.8, 4) is 5.75 Å². The molecule has 1 aliphatic rings. The lowest BCUT2D eigenvalue weighted by atomic mass is 10.0. The van der Waals surface area contributed by atoms with Crippen LogP contribution in [0.25, 0.3) is 11.0 Å². The van der Waals surface area contributed by atoms with Crippen LogP contribution in [0.3, 0.4) is 0 Å². The SMILES string of the molecule is COc1ccc2c(C)c(CCC(=O)N3CCOC(C)C3)c(=O)oc2c1. The lowest BCUT2D eigenvalue weighted by Crippen LogP contribution is -2.44. The summed E-state index contributed by atoms with van der Waals surface area (Å²) in [5.41, 5.74) is 1.53. The summed E-state index contributed by atoms with van der Waals surface area (Å²) < 4.78 is 16.1. The first-order chi connectivity index (χ1) is 12.0. The molecule has 1 fully saturated rings. The highest BCUT2D eigenvalue weighted by atomic mass is 16.5. The Morgan fingerprint density at radius 2 is 2.20 bits per heavy atom. The van der Waals surface area contributed by atoms with E-state index in [2.05, 4.69) is 0 Å². The van der Waals surface area contributed by atoms with Gasteiger partial charge in [0.2, 0.25) is 5.91 Å². The fourth-order valence-electron chi connectivity index (χ4n) is 3.23. The van der Waals surface area contributed by atoms with Gasteiger partial charge < -0.3 is 18.8 Å². The topological polar surface area (TPSA) is 69.0 Å². The van der Waals surface area contributed by atoms with E-state index in [1.165, 1.54) is 0 Å². The number of amides is 1. The summed E-state index contributed by atoms with van der Waals surface area (Å²) in [5, 5.41) is 0.864. The number of rotatable bonds is 4. The number of carbonyl (C=O) groups excluding carboxylic acids is 1. The van der Waals surface area contributed by atoms with Gasteiger partial charge in [0, 0.05) is 36.5 Å². The van der Waals surface area contributed by atoms with Crippen molar-refractivity contribution in [1.29, 1.82) is 0 Å². The summed E-state index contributed by atoms with van der Waals surface area (Å²) in [4.78, 5) is 26.6. The number of methoxy groups -OCH3 is 1. The zero-order valence-corrected chi connectivity index (χ0v) is 14.8.